The molecule has 4 rings (SSSR count). The number of phenolic OH excluding ortho intramolecular Hbond substituents is 1. The molecule has 1 aliphatic rings. The molecule has 0 spiro atoms. The second-order valence-electron chi connectivity index (χ2n) is 8.98. The summed E-state index contributed by atoms with van der Waals surface area (Å²) in [6.45, 7) is 7.12. The lowest BCUT2D eigenvalue weighted by atomic mass is 9.99. The maximum atomic E-state index is 14.0. The zero-order chi connectivity index (χ0) is 24.8. The number of aryl methyl sites for hydroxylation is 2. The van der Waals surface area contributed by atoms with E-state index in [9.17, 15) is 23.1 Å². The summed E-state index contributed by atoms with van der Waals surface area (Å²) in [5, 5.41) is 10.8. The highest BCUT2D eigenvalue weighted by atomic mass is 35.5. The monoisotopic (exact) mass is 495 g/mol. The molecule has 1 N–H and O–H groups in total. The number of fused-ring (bicyclic) bond motifs is 1. The van der Waals surface area contributed by atoms with Crippen LogP contribution in [0.15, 0.2) is 33.5 Å². The molecule has 0 bridgehead atoms. The number of hydrogen-bond donors (Lipinski definition) is 1. The smallest absolute Gasteiger partial charge is 0.453 e. The van der Waals surface area contributed by atoms with Crippen molar-refractivity contribution in [2.45, 2.75) is 46.3 Å². The van der Waals surface area contributed by atoms with Crippen molar-refractivity contribution < 1.29 is 27.4 Å². The SMILES string of the molecule is Cc1cc(Oc2c(C(F)(F)F)oc3c(CN4CCC[C@@H](C)C4)c(O)ccc3c2=O)cc(C)c1Cl. The van der Waals surface area contributed by atoms with E-state index in [0.29, 0.717) is 22.1 Å². The fourth-order valence-corrected chi connectivity index (χ4v) is 4.56. The molecule has 0 unspecified atom stereocenters. The molecule has 34 heavy (non-hydrogen) atoms. The first-order chi connectivity index (χ1) is 16.0. The number of piperidine rings is 1. The van der Waals surface area contributed by atoms with E-state index in [4.69, 9.17) is 20.8 Å². The molecule has 0 aliphatic carbocycles. The Morgan fingerprint density at radius 2 is 1.91 bits per heavy atom. The summed E-state index contributed by atoms with van der Waals surface area (Å²) in [4.78, 5) is 15.3. The normalized spacial score (nSPS) is 17.3. The third kappa shape index (κ3) is 4.74. The highest BCUT2D eigenvalue weighted by Gasteiger charge is 2.41. The van der Waals surface area contributed by atoms with Crippen molar-refractivity contribution in [3.05, 3.63) is 62.0 Å². The summed E-state index contributed by atoms with van der Waals surface area (Å²) in [5.74, 6) is -2.26. The Kier molecular flexibility index (Phi) is 6.57. The minimum atomic E-state index is -5.00. The molecule has 1 saturated heterocycles. The first-order valence-electron chi connectivity index (χ1n) is 11.0. The van der Waals surface area contributed by atoms with Crippen LogP contribution in [0.25, 0.3) is 11.0 Å². The predicted octanol–water partition coefficient (Wildman–Crippen LogP) is 6.81. The number of halogens is 4. The summed E-state index contributed by atoms with van der Waals surface area (Å²) in [6.07, 6.45) is -2.99. The van der Waals surface area contributed by atoms with Crippen LogP contribution in [-0.2, 0) is 12.7 Å². The van der Waals surface area contributed by atoms with E-state index in [-0.39, 0.29) is 34.6 Å². The topological polar surface area (TPSA) is 62.9 Å². The van der Waals surface area contributed by atoms with Crippen LogP contribution in [0.4, 0.5) is 13.2 Å². The number of ether oxygens (including phenoxy) is 1. The molecule has 3 aromatic rings. The van der Waals surface area contributed by atoms with Crippen LogP contribution in [0.1, 0.15) is 42.2 Å². The van der Waals surface area contributed by atoms with Crippen molar-refractivity contribution >= 4 is 22.6 Å². The Hall–Kier alpha value is -2.71. The van der Waals surface area contributed by atoms with Crippen LogP contribution >= 0.6 is 11.6 Å². The van der Waals surface area contributed by atoms with E-state index >= 15 is 0 Å². The number of nitrogens with zero attached hydrogens (tertiary/aromatic N) is 1. The van der Waals surface area contributed by atoms with Crippen LogP contribution in [0.5, 0.6) is 17.2 Å². The van der Waals surface area contributed by atoms with Gasteiger partial charge in [0.15, 0.2) is 0 Å². The molecule has 0 radical (unpaired) electrons. The van der Waals surface area contributed by atoms with Gasteiger partial charge in [-0.1, -0.05) is 18.5 Å². The van der Waals surface area contributed by atoms with Crippen molar-refractivity contribution in [2.75, 3.05) is 13.1 Å². The molecule has 0 saturated carbocycles. The number of alkyl halides is 3. The maximum absolute atomic E-state index is 14.0. The highest BCUT2D eigenvalue weighted by molar-refractivity contribution is 6.32. The van der Waals surface area contributed by atoms with E-state index in [2.05, 4.69) is 6.92 Å². The van der Waals surface area contributed by atoms with Crippen molar-refractivity contribution in [1.82, 2.24) is 4.90 Å². The molecule has 1 fully saturated rings. The van der Waals surface area contributed by atoms with E-state index in [1.807, 2.05) is 4.90 Å². The van der Waals surface area contributed by atoms with Gasteiger partial charge in [0.25, 0.3) is 5.76 Å². The Balaban J connectivity index is 1.87. The van der Waals surface area contributed by atoms with E-state index in [0.717, 1.165) is 25.9 Å². The molecule has 9 heteroatoms. The fourth-order valence-electron chi connectivity index (χ4n) is 4.46. The zero-order valence-corrected chi connectivity index (χ0v) is 19.8. The van der Waals surface area contributed by atoms with Crippen LogP contribution in [0.2, 0.25) is 5.02 Å². The molecule has 0 amide bonds. The first-order valence-corrected chi connectivity index (χ1v) is 11.4. The average molecular weight is 496 g/mol. The fraction of sp³-hybridized carbons (Fsp3) is 0.400. The number of aromatic hydroxyl groups is 1. The summed E-state index contributed by atoms with van der Waals surface area (Å²) < 4.78 is 52.8. The molecule has 5 nitrogen and oxygen atoms in total. The Morgan fingerprint density at radius 1 is 1.24 bits per heavy atom. The van der Waals surface area contributed by atoms with Gasteiger partial charge in [0.2, 0.25) is 11.2 Å². The summed E-state index contributed by atoms with van der Waals surface area (Å²) in [6, 6.07) is 5.47. The summed E-state index contributed by atoms with van der Waals surface area (Å²) in [7, 11) is 0. The third-order valence-electron chi connectivity index (χ3n) is 6.11. The van der Waals surface area contributed by atoms with E-state index in [1.165, 1.54) is 24.3 Å². The second-order valence-corrected chi connectivity index (χ2v) is 9.36. The van der Waals surface area contributed by atoms with Gasteiger partial charge in [-0.2, -0.15) is 13.2 Å². The van der Waals surface area contributed by atoms with Crippen molar-refractivity contribution in [2.24, 2.45) is 5.92 Å². The molecule has 2 heterocycles. The maximum Gasteiger partial charge on any atom is 0.453 e. The Morgan fingerprint density at radius 3 is 2.53 bits per heavy atom. The second kappa shape index (κ2) is 9.15. The van der Waals surface area contributed by atoms with Gasteiger partial charge in [-0.25, -0.2) is 0 Å². The largest absolute Gasteiger partial charge is 0.507 e. The van der Waals surface area contributed by atoms with Gasteiger partial charge in [0, 0.05) is 18.1 Å². The van der Waals surface area contributed by atoms with Crippen LogP contribution < -0.4 is 10.2 Å². The zero-order valence-electron chi connectivity index (χ0n) is 19.1. The van der Waals surface area contributed by atoms with Crippen molar-refractivity contribution in [1.29, 1.82) is 0 Å². The molecule has 1 atom stereocenters. The van der Waals surface area contributed by atoms with Gasteiger partial charge in [-0.05, 0) is 74.5 Å². The first kappa shape index (κ1) is 24.4. The van der Waals surface area contributed by atoms with Gasteiger partial charge in [-0.3, -0.25) is 9.69 Å². The lowest BCUT2D eigenvalue weighted by molar-refractivity contribution is -0.154. The number of benzene rings is 2. The van der Waals surface area contributed by atoms with Crippen molar-refractivity contribution in [3.8, 4) is 17.2 Å². The molecular weight excluding hydrogens is 471 g/mol. The predicted molar refractivity (Wildman–Crippen MR) is 124 cm³/mol. The van der Waals surface area contributed by atoms with Gasteiger partial charge < -0.3 is 14.3 Å². The van der Waals surface area contributed by atoms with Gasteiger partial charge in [-0.15, -0.1) is 0 Å². The lowest BCUT2D eigenvalue weighted by Gasteiger charge is -2.31. The quantitative estimate of drug-likeness (QED) is 0.430. The number of likely N-dealkylation sites (tertiary alicyclic amines) is 1. The minimum absolute atomic E-state index is 0.0397. The van der Waals surface area contributed by atoms with Crippen LogP contribution in [0.3, 0.4) is 0 Å². The molecule has 1 aromatic heterocycles. The number of phenols is 1. The van der Waals surface area contributed by atoms with Crippen LogP contribution in [0, 0.1) is 19.8 Å². The summed E-state index contributed by atoms with van der Waals surface area (Å²) in [5.41, 5.74) is 0.0918. The van der Waals surface area contributed by atoms with Crippen LogP contribution in [-0.4, -0.2) is 23.1 Å². The van der Waals surface area contributed by atoms with E-state index in [1.54, 1.807) is 13.8 Å². The minimum Gasteiger partial charge on any atom is -0.507 e. The highest BCUT2D eigenvalue weighted by Crippen LogP contribution is 2.41. The Bertz CT molecular complexity index is 1280. The van der Waals surface area contributed by atoms with Gasteiger partial charge in [0.05, 0.1) is 10.9 Å². The molecule has 182 valence electrons. The molecule has 2 aromatic carbocycles. The lowest BCUT2D eigenvalue weighted by Crippen LogP contribution is -2.33. The Labute approximate surface area is 199 Å². The number of hydrogen-bond acceptors (Lipinski definition) is 5. The van der Waals surface area contributed by atoms with Crippen molar-refractivity contribution in [3.63, 3.8) is 0 Å². The van der Waals surface area contributed by atoms with Gasteiger partial charge in [0.1, 0.15) is 17.1 Å². The molecule has 1 aliphatic heterocycles. The number of rotatable bonds is 4. The standard InChI is InChI=1S/C25H25ClF3NO4/c1-13-5-4-8-30(11-13)12-18-19(31)7-6-17-21(32)23(24(25(27,28)29)34-22(17)18)33-16-9-14(2)20(26)15(3)10-16/h6-7,9-10,13,31H,4-5,8,11-12H2,1-3H3/t13-/m1/s1. The van der Waals surface area contributed by atoms with E-state index < -0.39 is 23.1 Å². The average Bonchev–Trinajstić information content (AvgIpc) is 2.75. The molecular formula is C25H25ClF3NO4. The third-order valence-corrected chi connectivity index (χ3v) is 6.70. The van der Waals surface area contributed by atoms with Gasteiger partial charge >= 0.3 is 6.18 Å². The summed E-state index contributed by atoms with van der Waals surface area (Å²) >= 11 is 6.14.